The first-order chi connectivity index (χ1) is 27.1. The van der Waals surface area contributed by atoms with Crippen molar-refractivity contribution in [3.8, 4) is 0 Å². The fourth-order valence-electron chi connectivity index (χ4n) is 6.79. The number of carboxylic acid groups (broad SMARTS) is 1. The van der Waals surface area contributed by atoms with Crippen LogP contribution in [0.15, 0.2) is 0 Å². The summed E-state index contributed by atoms with van der Waals surface area (Å²) in [4.78, 5) is 45.9. The van der Waals surface area contributed by atoms with Crippen LogP contribution in [0, 0.1) is 0 Å². The van der Waals surface area contributed by atoms with Gasteiger partial charge in [-0.15, -0.1) is 0 Å². The van der Waals surface area contributed by atoms with Crippen LogP contribution in [0.2, 0.25) is 0 Å². The summed E-state index contributed by atoms with van der Waals surface area (Å²) in [5, 5.41) is 21.8. The van der Waals surface area contributed by atoms with E-state index in [-0.39, 0.29) is 12.8 Å². The first-order valence-electron chi connectivity index (χ1n) is 23.1. The lowest BCUT2D eigenvalue weighted by molar-refractivity contribution is -0.147. The number of rotatable bonds is 44. The average Bonchev–Trinajstić information content (AvgIpc) is 3.17. The minimum Gasteiger partial charge on any atom is -0.480 e. The van der Waals surface area contributed by atoms with Crippen LogP contribution in [0.5, 0.6) is 0 Å². The lowest BCUT2D eigenvalue weighted by Gasteiger charge is -2.18. The monoisotopic (exact) mass is 820 g/mol. The molecule has 0 aliphatic heterocycles. The SMILES string of the molecule is CCCCCCCCCCCCCCCCCCCC(=O)OCC(O)COP(=O)(O)OCC(NC(=O)CCCCCCCCCCCCCCCCC)C(=O)O. The van der Waals surface area contributed by atoms with E-state index < -0.39 is 57.6 Å². The summed E-state index contributed by atoms with van der Waals surface area (Å²) < 4.78 is 26.9. The smallest absolute Gasteiger partial charge is 0.472 e. The number of unbranched alkanes of at least 4 members (excludes halogenated alkanes) is 30. The molecule has 0 saturated heterocycles. The third-order valence-corrected chi connectivity index (χ3v) is 11.3. The van der Waals surface area contributed by atoms with E-state index in [1.165, 1.54) is 154 Å². The van der Waals surface area contributed by atoms with Gasteiger partial charge in [-0.25, -0.2) is 9.36 Å². The lowest BCUT2D eigenvalue weighted by atomic mass is 10.0. The Balaban J connectivity index is 3.83. The molecule has 0 aliphatic rings. The van der Waals surface area contributed by atoms with Gasteiger partial charge >= 0.3 is 19.8 Å². The molecular weight excluding hydrogens is 733 g/mol. The molecule has 0 heterocycles. The number of phosphoric acid groups is 1. The van der Waals surface area contributed by atoms with Crippen molar-refractivity contribution in [2.45, 2.75) is 244 Å². The van der Waals surface area contributed by atoms with E-state index in [4.69, 9.17) is 13.8 Å². The van der Waals surface area contributed by atoms with Gasteiger partial charge in [0.1, 0.15) is 12.7 Å². The number of phosphoric ester groups is 1. The van der Waals surface area contributed by atoms with Crippen LogP contribution in [0.1, 0.15) is 232 Å². The zero-order valence-corrected chi connectivity index (χ0v) is 36.9. The molecule has 11 nitrogen and oxygen atoms in total. The van der Waals surface area contributed by atoms with Gasteiger partial charge in [-0.05, 0) is 12.8 Å². The first-order valence-corrected chi connectivity index (χ1v) is 24.6. The second-order valence-corrected chi connectivity index (χ2v) is 17.4. The predicted molar refractivity (Wildman–Crippen MR) is 227 cm³/mol. The van der Waals surface area contributed by atoms with Crippen molar-refractivity contribution < 1.29 is 47.8 Å². The van der Waals surface area contributed by atoms with Crippen molar-refractivity contribution in [2.75, 3.05) is 19.8 Å². The predicted octanol–water partition coefficient (Wildman–Crippen LogP) is 11.9. The number of aliphatic carboxylic acids is 1. The summed E-state index contributed by atoms with van der Waals surface area (Å²) in [6.45, 7) is 2.63. The number of esters is 1. The molecule has 0 bridgehead atoms. The maximum Gasteiger partial charge on any atom is 0.472 e. The van der Waals surface area contributed by atoms with E-state index >= 15 is 0 Å². The molecule has 4 N–H and O–H groups in total. The maximum atomic E-state index is 12.3. The molecule has 0 saturated carbocycles. The number of amides is 1. The minimum atomic E-state index is -4.75. The van der Waals surface area contributed by atoms with Gasteiger partial charge in [-0.1, -0.05) is 206 Å². The highest BCUT2D eigenvalue weighted by molar-refractivity contribution is 7.47. The van der Waals surface area contributed by atoms with E-state index in [0.717, 1.165) is 38.5 Å². The van der Waals surface area contributed by atoms with Crippen LogP contribution in [0.3, 0.4) is 0 Å². The van der Waals surface area contributed by atoms with Crippen molar-refractivity contribution in [2.24, 2.45) is 0 Å². The molecular formula is C44H86NO10P. The molecule has 332 valence electrons. The number of hydrogen-bond acceptors (Lipinski definition) is 8. The second-order valence-electron chi connectivity index (χ2n) is 16.0. The molecule has 0 rings (SSSR count). The Hall–Kier alpha value is -1.52. The highest BCUT2D eigenvalue weighted by Gasteiger charge is 2.28. The number of aliphatic hydroxyl groups is 1. The fourth-order valence-corrected chi connectivity index (χ4v) is 7.56. The van der Waals surface area contributed by atoms with Crippen molar-refractivity contribution in [1.29, 1.82) is 0 Å². The highest BCUT2D eigenvalue weighted by Crippen LogP contribution is 2.43. The van der Waals surface area contributed by atoms with E-state index in [1.807, 2.05) is 0 Å². The van der Waals surface area contributed by atoms with Gasteiger partial charge in [0.25, 0.3) is 0 Å². The highest BCUT2D eigenvalue weighted by atomic mass is 31.2. The Labute approximate surface area is 342 Å². The van der Waals surface area contributed by atoms with E-state index in [1.54, 1.807) is 0 Å². The molecule has 0 aromatic rings. The van der Waals surface area contributed by atoms with Crippen molar-refractivity contribution in [1.82, 2.24) is 5.32 Å². The van der Waals surface area contributed by atoms with Crippen LogP contribution in [0.25, 0.3) is 0 Å². The largest absolute Gasteiger partial charge is 0.480 e. The molecule has 0 fully saturated rings. The Bertz CT molecular complexity index is 968. The number of nitrogens with one attached hydrogen (secondary N) is 1. The third kappa shape index (κ3) is 39.3. The van der Waals surface area contributed by atoms with Gasteiger partial charge in [0, 0.05) is 12.8 Å². The molecule has 1 amide bonds. The van der Waals surface area contributed by atoms with Gasteiger partial charge in [-0.3, -0.25) is 18.6 Å². The fraction of sp³-hybridized carbons (Fsp3) is 0.932. The van der Waals surface area contributed by atoms with Gasteiger partial charge in [-0.2, -0.15) is 0 Å². The number of hydrogen-bond donors (Lipinski definition) is 4. The molecule has 0 aliphatic carbocycles. The van der Waals surface area contributed by atoms with Gasteiger partial charge in [0.2, 0.25) is 5.91 Å². The summed E-state index contributed by atoms with van der Waals surface area (Å²) in [6.07, 6.45) is 38.3. The van der Waals surface area contributed by atoms with Crippen LogP contribution in [0.4, 0.5) is 0 Å². The summed E-state index contributed by atoms with van der Waals surface area (Å²) in [6, 6.07) is -1.54. The zero-order valence-electron chi connectivity index (χ0n) is 36.0. The van der Waals surface area contributed by atoms with Crippen LogP contribution in [-0.4, -0.2) is 64.9 Å². The van der Waals surface area contributed by atoms with Crippen molar-refractivity contribution in [3.05, 3.63) is 0 Å². The van der Waals surface area contributed by atoms with E-state index in [0.29, 0.717) is 12.8 Å². The maximum absolute atomic E-state index is 12.3. The van der Waals surface area contributed by atoms with Crippen LogP contribution < -0.4 is 5.32 Å². The van der Waals surface area contributed by atoms with Gasteiger partial charge in [0.05, 0.1) is 13.2 Å². The van der Waals surface area contributed by atoms with Crippen LogP contribution >= 0.6 is 7.82 Å². The van der Waals surface area contributed by atoms with Crippen molar-refractivity contribution in [3.63, 3.8) is 0 Å². The third-order valence-electron chi connectivity index (χ3n) is 10.4. The summed E-state index contributed by atoms with van der Waals surface area (Å²) >= 11 is 0. The minimum absolute atomic E-state index is 0.153. The standard InChI is InChI=1S/C44H86NO10P/c1-3-5-7-9-11-13-15-17-19-20-22-24-26-28-30-32-34-36-43(48)53-37-40(46)38-54-56(51,52)55-39-41(44(49)50)45-42(47)35-33-31-29-27-25-23-21-18-16-14-12-10-8-6-4-2/h40-41,46H,3-39H2,1-2H3,(H,45,47)(H,49,50)(H,51,52). The quantitative estimate of drug-likeness (QED) is 0.0264. The molecule has 3 atom stereocenters. The Morgan fingerprint density at radius 1 is 0.500 bits per heavy atom. The first kappa shape index (κ1) is 54.5. The molecule has 0 spiro atoms. The summed E-state index contributed by atoms with van der Waals surface area (Å²) in [5.41, 5.74) is 0. The Morgan fingerprint density at radius 3 is 1.18 bits per heavy atom. The average molecular weight is 820 g/mol. The van der Waals surface area contributed by atoms with Gasteiger partial charge in [0.15, 0.2) is 6.04 Å². The van der Waals surface area contributed by atoms with E-state index in [9.17, 15) is 34.1 Å². The molecule has 0 aromatic heterocycles. The molecule has 12 heteroatoms. The number of carbonyl (C=O) groups is 3. The number of aliphatic hydroxyl groups excluding tert-OH is 1. The number of carboxylic acids is 1. The summed E-state index contributed by atoms with van der Waals surface area (Å²) in [7, 11) is -4.75. The lowest BCUT2D eigenvalue weighted by Crippen LogP contribution is -2.43. The normalized spacial score (nSPS) is 13.6. The topological polar surface area (TPSA) is 169 Å². The van der Waals surface area contributed by atoms with Gasteiger partial charge < -0.3 is 25.2 Å². The van der Waals surface area contributed by atoms with Crippen molar-refractivity contribution >= 4 is 25.7 Å². The zero-order chi connectivity index (χ0) is 41.4. The second kappa shape index (κ2) is 40.3. The Morgan fingerprint density at radius 2 is 0.821 bits per heavy atom. The molecule has 0 aromatic carbocycles. The van der Waals surface area contributed by atoms with E-state index in [2.05, 4.69) is 19.2 Å². The summed E-state index contributed by atoms with van der Waals surface area (Å²) in [5.74, 6) is -2.35. The molecule has 0 radical (unpaired) electrons. The number of carbonyl (C=O) groups excluding carboxylic acids is 2. The Kier molecular flexibility index (Phi) is 39.2. The molecule has 56 heavy (non-hydrogen) atoms. The van der Waals surface area contributed by atoms with Crippen LogP contribution in [-0.2, 0) is 32.7 Å². The number of ether oxygens (including phenoxy) is 1. The molecule has 3 unspecified atom stereocenters.